The normalized spacial score (nSPS) is 10.8. The molecule has 0 fully saturated rings. The van der Waals surface area contributed by atoms with E-state index in [0.29, 0.717) is 24.3 Å². The van der Waals surface area contributed by atoms with Crippen LogP contribution in [-0.2, 0) is 17.9 Å². The van der Waals surface area contributed by atoms with Gasteiger partial charge in [-0.1, -0.05) is 23.8 Å². The first-order chi connectivity index (χ1) is 12.0. The molecule has 0 aliphatic rings. The zero-order chi connectivity index (χ0) is 17.8. The van der Waals surface area contributed by atoms with E-state index in [1.165, 1.54) is 10.4 Å². The molecule has 0 saturated carbocycles. The summed E-state index contributed by atoms with van der Waals surface area (Å²) < 4.78 is 2.40. The summed E-state index contributed by atoms with van der Waals surface area (Å²) in [5, 5.41) is 12.2. The Labute approximate surface area is 155 Å². The highest BCUT2D eigenvalue weighted by Crippen LogP contribution is 2.19. The summed E-state index contributed by atoms with van der Waals surface area (Å²) in [6, 6.07) is 10.1. The van der Waals surface area contributed by atoms with Crippen LogP contribution in [0.3, 0.4) is 0 Å². The third-order valence-electron chi connectivity index (χ3n) is 4.01. The van der Waals surface area contributed by atoms with Gasteiger partial charge in [-0.05, 0) is 49.1 Å². The second-order valence-corrected chi connectivity index (χ2v) is 7.31. The van der Waals surface area contributed by atoms with Crippen molar-refractivity contribution in [3.05, 3.63) is 56.5 Å². The number of nitrogens with one attached hydrogen (secondary N) is 2. The quantitative estimate of drug-likeness (QED) is 0.643. The molecule has 5 nitrogen and oxygen atoms in total. The Morgan fingerprint density at radius 2 is 2.20 bits per heavy atom. The lowest BCUT2D eigenvalue weighted by molar-refractivity contribution is -0.121. The van der Waals surface area contributed by atoms with E-state index in [-0.39, 0.29) is 5.91 Å². The van der Waals surface area contributed by atoms with Crippen molar-refractivity contribution in [1.29, 1.82) is 0 Å². The van der Waals surface area contributed by atoms with Gasteiger partial charge < -0.3 is 5.32 Å². The van der Waals surface area contributed by atoms with Crippen LogP contribution in [0.2, 0.25) is 0 Å². The fourth-order valence-corrected chi connectivity index (χ4v) is 3.66. The van der Waals surface area contributed by atoms with Gasteiger partial charge in [-0.15, -0.1) is 11.3 Å². The molecule has 7 heteroatoms. The highest BCUT2D eigenvalue weighted by atomic mass is 32.1. The summed E-state index contributed by atoms with van der Waals surface area (Å²) in [7, 11) is 0. The molecule has 2 aromatic heterocycles. The second kappa shape index (κ2) is 7.76. The molecule has 1 aromatic carbocycles. The average molecular weight is 373 g/mol. The maximum atomic E-state index is 12.2. The zero-order valence-corrected chi connectivity index (χ0v) is 15.8. The molecule has 0 aliphatic heterocycles. The van der Waals surface area contributed by atoms with Crippen molar-refractivity contribution in [3.8, 4) is 11.4 Å². The molecule has 3 aromatic rings. The molecule has 0 unspecified atom stereocenters. The fourth-order valence-electron chi connectivity index (χ4n) is 2.60. The summed E-state index contributed by atoms with van der Waals surface area (Å²) >= 11 is 6.98. The van der Waals surface area contributed by atoms with Crippen molar-refractivity contribution in [3.63, 3.8) is 0 Å². The number of benzene rings is 1. The maximum absolute atomic E-state index is 12.2. The Morgan fingerprint density at radius 3 is 2.92 bits per heavy atom. The molecule has 0 bridgehead atoms. The first-order valence-electron chi connectivity index (χ1n) is 8.06. The number of carbonyl (C=O) groups is 1. The number of hydrogen-bond acceptors (Lipinski definition) is 4. The van der Waals surface area contributed by atoms with Crippen molar-refractivity contribution in [2.45, 2.75) is 33.4 Å². The molecule has 1 amide bonds. The standard InChI is InChI=1S/C18H20N4OS2/c1-12-4-3-5-14(10-12)17-20-21-18(24)22(17)8-6-16(23)19-11-15-13(2)7-9-25-15/h3-5,7,9-10H,6,8,11H2,1-2H3,(H,19,23)(H,21,24). The molecular weight excluding hydrogens is 352 g/mol. The van der Waals surface area contributed by atoms with Crippen LogP contribution in [0.25, 0.3) is 11.4 Å². The van der Waals surface area contributed by atoms with E-state index in [1.807, 2.05) is 35.1 Å². The van der Waals surface area contributed by atoms with Crippen LogP contribution >= 0.6 is 23.6 Å². The largest absolute Gasteiger partial charge is 0.351 e. The van der Waals surface area contributed by atoms with Gasteiger partial charge in [0.25, 0.3) is 0 Å². The van der Waals surface area contributed by atoms with Gasteiger partial charge in [0, 0.05) is 23.4 Å². The Bertz CT molecular complexity index is 938. The van der Waals surface area contributed by atoms with Gasteiger partial charge in [0.2, 0.25) is 5.91 Å². The number of aromatic amines is 1. The lowest BCUT2D eigenvalue weighted by Crippen LogP contribution is -2.24. The topological polar surface area (TPSA) is 62.7 Å². The van der Waals surface area contributed by atoms with E-state index < -0.39 is 0 Å². The van der Waals surface area contributed by atoms with Gasteiger partial charge in [-0.25, -0.2) is 0 Å². The number of H-pyrrole nitrogens is 1. The monoisotopic (exact) mass is 372 g/mol. The van der Waals surface area contributed by atoms with Crippen molar-refractivity contribution in [1.82, 2.24) is 20.1 Å². The third kappa shape index (κ3) is 4.24. The number of carbonyl (C=O) groups excluding carboxylic acids is 1. The molecular formula is C18H20N4OS2. The van der Waals surface area contributed by atoms with Crippen LogP contribution in [0, 0.1) is 18.6 Å². The lowest BCUT2D eigenvalue weighted by Gasteiger charge is -2.08. The van der Waals surface area contributed by atoms with E-state index in [2.05, 4.69) is 34.6 Å². The first kappa shape index (κ1) is 17.6. The predicted octanol–water partition coefficient (Wildman–Crippen LogP) is 3.99. The molecule has 3 rings (SSSR count). The smallest absolute Gasteiger partial charge is 0.222 e. The molecule has 130 valence electrons. The van der Waals surface area contributed by atoms with Gasteiger partial charge in [0.15, 0.2) is 10.6 Å². The zero-order valence-electron chi connectivity index (χ0n) is 14.2. The molecule has 0 atom stereocenters. The molecule has 0 saturated heterocycles. The summed E-state index contributed by atoms with van der Waals surface area (Å²) in [6.45, 7) is 5.16. The summed E-state index contributed by atoms with van der Waals surface area (Å²) in [6.07, 6.45) is 0.358. The number of nitrogens with zero attached hydrogens (tertiary/aromatic N) is 2. The minimum Gasteiger partial charge on any atom is -0.351 e. The van der Waals surface area contributed by atoms with Crippen molar-refractivity contribution < 1.29 is 4.79 Å². The van der Waals surface area contributed by atoms with E-state index in [9.17, 15) is 4.79 Å². The van der Waals surface area contributed by atoms with Crippen molar-refractivity contribution in [2.75, 3.05) is 0 Å². The van der Waals surface area contributed by atoms with E-state index >= 15 is 0 Å². The van der Waals surface area contributed by atoms with Crippen molar-refractivity contribution in [2.24, 2.45) is 0 Å². The van der Waals surface area contributed by atoms with Crippen LogP contribution in [0.1, 0.15) is 22.4 Å². The Balaban J connectivity index is 1.65. The number of amides is 1. The number of thiophene rings is 1. The minimum absolute atomic E-state index is 0.00564. The van der Waals surface area contributed by atoms with E-state index in [4.69, 9.17) is 12.2 Å². The average Bonchev–Trinajstić information content (AvgIpc) is 3.16. The van der Waals surface area contributed by atoms with Gasteiger partial charge in [-0.2, -0.15) is 5.10 Å². The summed E-state index contributed by atoms with van der Waals surface area (Å²) in [4.78, 5) is 13.4. The van der Waals surface area contributed by atoms with Crippen LogP contribution in [-0.4, -0.2) is 20.7 Å². The molecule has 25 heavy (non-hydrogen) atoms. The third-order valence-corrected chi connectivity index (χ3v) is 5.35. The summed E-state index contributed by atoms with van der Waals surface area (Å²) in [5.74, 6) is 0.765. The van der Waals surface area contributed by atoms with Crippen molar-refractivity contribution >= 4 is 29.5 Å². The Kier molecular flexibility index (Phi) is 5.45. The number of aryl methyl sites for hydroxylation is 2. The number of hydrogen-bond donors (Lipinski definition) is 2. The molecule has 2 N–H and O–H groups in total. The number of aromatic nitrogens is 3. The SMILES string of the molecule is Cc1cccc(-c2n[nH]c(=S)n2CCC(=O)NCc2sccc2C)c1. The molecule has 2 heterocycles. The molecule has 0 spiro atoms. The Hall–Kier alpha value is -2.25. The van der Waals surface area contributed by atoms with Gasteiger partial charge >= 0.3 is 0 Å². The molecule has 0 radical (unpaired) electrons. The number of rotatable bonds is 6. The minimum atomic E-state index is 0.00564. The predicted molar refractivity (Wildman–Crippen MR) is 103 cm³/mol. The fraction of sp³-hybridized carbons (Fsp3) is 0.278. The highest BCUT2D eigenvalue weighted by Gasteiger charge is 2.11. The lowest BCUT2D eigenvalue weighted by atomic mass is 10.1. The van der Waals surface area contributed by atoms with Gasteiger partial charge in [-0.3, -0.25) is 14.5 Å². The van der Waals surface area contributed by atoms with E-state index in [1.54, 1.807) is 11.3 Å². The van der Waals surface area contributed by atoms with Crippen LogP contribution in [0.4, 0.5) is 0 Å². The van der Waals surface area contributed by atoms with Crippen LogP contribution < -0.4 is 5.32 Å². The summed E-state index contributed by atoms with van der Waals surface area (Å²) in [5.41, 5.74) is 3.35. The van der Waals surface area contributed by atoms with Crippen LogP contribution in [0.5, 0.6) is 0 Å². The Morgan fingerprint density at radius 1 is 1.36 bits per heavy atom. The highest BCUT2D eigenvalue weighted by molar-refractivity contribution is 7.71. The first-order valence-corrected chi connectivity index (χ1v) is 9.35. The maximum Gasteiger partial charge on any atom is 0.222 e. The van der Waals surface area contributed by atoms with Crippen LogP contribution in [0.15, 0.2) is 35.7 Å². The van der Waals surface area contributed by atoms with E-state index in [0.717, 1.165) is 17.0 Å². The van der Waals surface area contributed by atoms with Gasteiger partial charge in [0.1, 0.15) is 0 Å². The van der Waals surface area contributed by atoms with Gasteiger partial charge in [0.05, 0.1) is 6.54 Å². The molecule has 0 aliphatic carbocycles. The second-order valence-electron chi connectivity index (χ2n) is 5.93.